The lowest BCUT2D eigenvalue weighted by molar-refractivity contribution is -0.125. The number of carbonyl (C=O) groups is 1. The number of amidine groups is 1. The molecule has 4 N–H and O–H groups in total. The second-order valence-electron chi connectivity index (χ2n) is 4.81. The Hall–Kier alpha value is -2.11. The van der Waals surface area contributed by atoms with Crippen molar-refractivity contribution < 1.29 is 14.4 Å². The maximum absolute atomic E-state index is 13.7. The predicted octanol–water partition coefficient (Wildman–Crippen LogP) is 1.99. The summed E-state index contributed by atoms with van der Waals surface area (Å²) in [5.74, 6) is -1.05. The number of anilines is 1. The summed E-state index contributed by atoms with van der Waals surface area (Å²) >= 11 is 0. The van der Waals surface area contributed by atoms with Crippen LogP contribution in [0.3, 0.4) is 0 Å². The molecule has 0 aliphatic heterocycles. The molecule has 1 aromatic rings. The topological polar surface area (TPSA) is 87.7 Å². The number of halogens is 1. The van der Waals surface area contributed by atoms with Gasteiger partial charge in [-0.15, -0.1) is 0 Å². The molecule has 0 radical (unpaired) electrons. The van der Waals surface area contributed by atoms with Crippen LogP contribution < -0.4 is 11.1 Å². The van der Waals surface area contributed by atoms with Gasteiger partial charge in [-0.2, -0.15) is 0 Å². The second-order valence-corrected chi connectivity index (χ2v) is 4.81. The number of nitrogens with two attached hydrogens (primary N) is 1. The van der Waals surface area contributed by atoms with Gasteiger partial charge in [0.25, 0.3) is 0 Å². The molecular weight excluding hydrogens is 249 g/mol. The highest BCUT2D eigenvalue weighted by Gasteiger charge is 2.48. The van der Waals surface area contributed by atoms with Crippen LogP contribution in [0.25, 0.3) is 0 Å². The fraction of sp³-hybridized carbons (Fsp3) is 0.385. The first-order valence-electron chi connectivity index (χ1n) is 6.06. The zero-order valence-corrected chi connectivity index (χ0v) is 10.6. The van der Waals surface area contributed by atoms with Gasteiger partial charge in [0.05, 0.1) is 5.69 Å². The number of benzene rings is 1. The molecule has 1 aliphatic carbocycles. The number of nitrogens with zero attached hydrogens (tertiary/aromatic N) is 1. The maximum atomic E-state index is 13.7. The van der Waals surface area contributed by atoms with E-state index in [1.165, 1.54) is 6.07 Å². The smallest absolute Gasteiger partial charge is 0.238 e. The number of amides is 1. The van der Waals surface area contributed by atoms with E-state index in [1.54, 1.807) is 19.1 Å². The summed E-state index contributed by atoms with van der Waals surface area (Å²) in [7, 11) is 0. The fourth-order valence-corrected chi connectivity index (χ4v) is 2.25. The normalized spacial score (nSPS) is 17.7. The fourth-order valence-electron chi connectivity index (χ4n) is 2.25. The SMILES string of the molecule is Cc1cccc(F)c1NC(=O)C1(/C(N)=N/O)CCC1. The molecule has 0 unspecified atom stereocenters. The number of hydrogen-bond acceptors (Lipinski definition) is 3. The van der Waals surface area contributed by atoms with Crippen molar-refractivity contribution in [3.63, 3.8) is 0 Å². The molecule has 5 nitrogen and oxygen atoms in total. The van der Waals surface area contributed by atoms with E-state index in [0.29, 0.717) is 18.4 Å². The van der Waals surface area contributed by atoms with E-state index < -0.39 is 17.1 Å². The Morgan fingerprint density at radius 2 is 2.21 bits per heavy atom. The summed E-state index contributed by atoms with van der Waals surface area (Å²) in [5, 5.41) is 14.2. The van der Waals surface area contributed by atoms with Crippen LogP contribution in [0, 0.1) is 18.2 Å². The average molecular weight is 265 g/mol. The molecule has 1 saturated carbocycles. The summed E-state index contributed by atoms with van der Waals surface area (Å²) in [6.45, 7) is 1.70. The Bertz CT molecular complexity index is 518. The zero-order chi connectivity index (χ0) is 14.0. The molecule has 102 valence electrons. The Labute approximate surface area is 110 Å². The van der Waals surface area contributed by atoms with Gasteiger partial charge < -0.3 is 16.3 Å². The number of aryl methyl sites for hydroxylation is 1. The first kappa shape index (κ1) is 13.3. The molecular formula is C13H16FN3O2. The highest BCUT2D eigenvalue weighted by Crippen LogP contribution is 2.42. The summed E-state index contributed by atoms with van der Waals surface area (Å²) in [6.07, 6.45) is 1.82. The van der Waals surface area contributed by atoms with Crippen LogP contribution in [0.4, 0.5) is 10.1 Å². The van der Waals surface area contributed by atoms with E-state index in [2.05, 4.69) is 10.5 Å². The minimum Gasteiger partial charge on any atom is -0.409 e. The number of para-hydroxylation sites is 1. The summed E-state index contributed by atoms with van der Waals surface area (Å²) in [5.41, 5.74) is 5.35. The predicted molar refractivity (Wildman–Crippen MR) is 69.5 cm³/mol. The van der Waals surface area contributed by atoms with Crippen LogP contribution >= 0.6 is 0 Å². The molecule has 0 saturated heterocycles. The number of rotatable bonds is 3. The van der Waals surface area contributed by atoms with Gasteiger partial charge in [0, 0.05) is 0 Å². The van der Waals surface area contributed by atoms with Gasteiger partial charge in [-0.05, 0) is 31.4 Å². The van der Waals surface area contributed by atoms with Crippen molar-refractivity contribution in [2.45, 2.75) is 26.2 Å². The lowest BCUT2D eigenvalue weighted by Gasteiger charge is -2.38. The summed E-state index contributed by atoms with van der Waals surface area (Å²) < 4.78 is 13.7. The largest absolute Gasteiger partial charge is 0.409 e. The van der Waals surface area contributed by atoms with E-state index in [0.717, 1.165) is 6.42 Å². The van der Waals surface area contributed by atoms with Gasteiger partial charge in [0.2, 0.25) is 5.91 Å². The van der Waals surface area contributed by atoms with Crippen LogP contribution in [0.2, 0.25) is 0 Å². The van der Waals surface area contributed by atoms with E-state index in [-0.39, 0.29) is 11.5 Å². The van der Waals surface area contributed by atoms with Gasteiger partial charge >= 0.3 is 0 Å². The van der Waals surface area contributed by atoms with Crippen LogP contribution in [-0.4, -0.2) is 17.0 Å². The molecule has 2 rings (SSSR count). The van der Waals surface area contributed by atoms with Crippen molar-refractivity contribution in [3.8, 4) is 0 Å². The highest BCUT2D eigenvalue weighted by molar-refractivity contribution is 6.12. The first-order valence-corrected chi connectivity index (χ1v) is 6.06. The summed E-state index contributed by atoms with van der Waals surface area (Å²) in [4.78, 5) is 12.3. The Morgan fingerprint density at radius 1 is 1.53 bits per heavy atom. The van der Waals surface area contributed by atoms with Gasteiger partial charge in [-0.1, -0.05) is 23.7 Å². The first-order chi connectivity index (χ1) is 9.01. The minimum atomic E-state index is -1.01. The second kappa shape index (κ2) is 4.87. The number of nitrogens with one attached hydrogen (secondary N) is 1. The van der Waals surface area contributed by atoms with Crippen LogP contribution in [0.5, 0.6) is 0 Å². The van der Waals surface area contributed by atoms with E-state index in [1.807, 2.05) is 0 Å². The number of oxime groups is 1. The molecule has 0 heterocycles. The van der Waals surface area contributed by atoms with Gasteiger partial charge in [0.15, 0.2) is 5.84 Å². The van der Waals surface area contributed by atoms with E-state index in [4.69, 9.17) is 10.9 Å². The lowest BCUT2D eigenvalue weighted by Crippen LogP contribution is -2.51. The monoisotopic (exact) mass is 265 g/mol. The molecule has 0 atom stereocenters. The van der Waals surface area contributed by atoms with E-state index >= 15 is 0 Å². The molecule has 0 spiro atoms. The van der Waals surface area contributed by atoms with Crippen LogP contribution in [-0.2, 0) is 4.79 Å². The zero-order valence-electron chi connectivity index (χ0n) is 10.6. The maximum Gasteiger partial charge on any atom is 0.238 e. The lowest BCUT2D eigenvalue weighted by atomic mass is 9.67. The highest BCUT2D eigenvalue weighted by atomic mass is 19.1. The Morgan fingerprint density at radius 3 is 2.68 bits per heavy atom. The molecule has 1 aliphatic rings. The molecule has 0 bridgehead atoms. The van der Waals surface area contributed by atoms with Crippen molar-refractivity contribution in [1.82, 2.24) is 0 Å². The van der Waals surface area contributed by atoms with Gasteiger partial charge in [-0.3, -0.25) is 4.79 Å². The third kappa shape index (κ3) is 2.14. The van der Waals surface area contributed by atoms with Crippen LogP contribution in [0.1, 0.15) is 24.8 Å². The van der Waals surface area contributed by atoms with Crippen molar-refractivity contribution in [3.05, 3.63) is 29.6 Å². The number of carbonyl (C=O) groups excluding carboxylic acids is 1. The quantitative estimate of drug-likeness (QED) is 0.338. The minimum absolute atomic E-state index is 0.120. The standard InChI is InChI=1S/C13H16FN3O2/c1-8-4-2-5-9(14)10(8)16-12(18)13(6-3-7-13)11(15)17-19/h2,4-5,19H,3,6-7H2,1H3,(H2,15,17)(H,16,18). The molecule has 6 heteroatoms. The third-order valence-electron chi connectivity index (χ3n) is 3.70. The van der Waals surface area contributed by atoms with Gasteiger partial charge in [-0.25, -0.2) is 4.39 Å². The van der Waals surface area contributed by atoms with Crippen LogP contribution in [0.15, 0.2) is 23.4 Å². The van der Waals surface area contributed by atoms with Gasteiger partial charge in [0.1, 0.15) is 11.2 Å². The van der Waals surface area contributed by atoms with Crippen molar-refractivity contribution in [1.29, 1.82) is 0 Å². The summed E-state index contributed by atoms with van der Waals surface area (Å²) in [6, 6.07) is 4.55. The number of hydrogen-bond donors (Lipinski definition) is 3. The van der Waals surface area contributed by atoms with Crippen molar-refractivity contribution in [2.24, 2.45) is 16.3 Å². The van der Waals surface area contributed by atoms with E-state index in [9.17, 15) is 9.18 Å². The average Bonchev–Trinajstić information content (AvgIpc) is 2.32. The Balaban J connectivity index is 2.26. The molecule has 1 amide bonds. The molecule has 1 aromatic carbocycles. The van der Waals surface area contributed by atoms with Crippen molar-refractivity contribution in [2.75, 3.05) is 5.32 Å². The molecule has 0 aromatic heterocycles. The Kier molecular flexibility index (Phi) is 3.42. The van der Waals surface area contributed by atoms with Crippen molar-refractivity contribution >= 4 is 17.4 Å². The molecule has 19 heavy (non-hydrogen) atoms. The third-order valence-corrected chi connectivity index (χ3v) is 3.70. The molecule has 1 fully saturated rings.